The van der Waals surface area contributed by atoms with Gasteiger partial charge in [0.15, 0.2) is 13.4 Å². The zero-order chi connectivity index (χ0) is 7.15. The van der Waals surface area contributed by atoms with E-state index in [1.54, 1.807) is 0 Å². The number of halogens is 6. The standard InChI is InChI=1S/2CF3.Ru/c2*2-1(3)4;/q2*-1;+2. The molecule has 0 aromatic rings. The maximum atomic E-state index is 9.58. The summed E-state index contributed by atoms with van der Waals surface area (Å²) in [7, 11) is 0. The summed E-state index contributed by atoms with van der Waals surface area (Å²) in [6, 6.07) is 0. The molecule has 0 N–H and O–H groups in total. The molecule has 0 radical (unpaired) electrons. The fraction of sp³-hybridized carbons (Fsp3) is 0. The van der Waals surface area contributed by atoms with Crippen LogP contribution in [-0.4, -0.2) is 0 Å². The van der Waals surface area contributed by atoms with Gasteiger partial charge in [0.25, 0.3) is 0 Å². The normalized spacial score (nSPS) is 8.00. The van der Waals surface area contributed by atoms with Crippen LogP contribution in [0.1, 0.15) is 0 Å². The first-order chi connectivity index (χ1) is 3.46. The van der Waals surface area contributed by atoms with Gasteiger partial charge in [-0.25, -0.2) is 0 Å². The average Bonchev–Trinajstić information content (AvgIpc) is 1.25. The molecule has 0 aromatic heterocycles. The fourth-order valence-electron chi connectivity index (χ4n) is 0. The van der Waals surface area contributed by atoms with E-state index in [9.17, 15) is 26.3 Å². The zero-order valence-corrected chi connectivity index (χ0v) is 5.36. The van der Waals surface area contributed by atoms with Crippen LogP contribution in [0.5, 0.6) is 0 Å². The van der Waals surface area contributed by atoms with Gasteiger partial charge in [0, 0.05) is 0 Å². The molecule has 7 heteroatoms. The van der Waals surface area contributed by atoms with Gasteiger partial charge in [0.1, 0.15) is 0 Å². The molecule has 0 heterocycles. The summed E-state index contributed by atoms with van der Waals surface area (Å²) in [6.45, 7) is -6.17. The number of hydrogen-bond acceptors (Lipinski definition) is 0. The molecule has 9 heavy (non-hydrogen) atoms. The first-order valence-corrected chi connectivity index (χ1v) is 1.13. The minimum Gasteiger partial charge on any atom is -0.385 e. The fourth-order valence-corrected chi connectivity index (χ4v) is 0. The Morgan fingerprint density at radius 2 is 0.556 bits per heavy atom. The molecule has 0 bridgehead atoms. The molecule has 0 saturated heterocycles. The van der Waals surface area contributed by atoms with Crippen LogP contribution in [0.3, 0.4) is 0 Å². The molecule has 0 aliphatic carbocycles. The van der Waals surface area contributed by atoms with Gasteiger partial charge in [-0.15, -0.1) is 0 Å². The molecular weight excluding hydrogens is 239 g/mol. The van der Waals surface area contributed by atoms with Crippen molar-refractivity contribution in [2.45, 2.75) is 0 Å². The summed E-state index contributed by atoms with van der Waals surface area (Å²) < 4.78 is 57.5. The van der Waals surface area contributed by atoms with Crippen LogP contribution in [0, 0.1) is 13.4 Å². The molecule has 0 aliphatic rings. The van der Waals surface area contributed by atoms with Crippen LogP contribution < -0.4 is 0 Å². The smallest absolute Gasteiger partial charge is 0.385 e. The Balaban J connectivity index is -0.0000000720. The van der Waals surface area contributed by atoms with Gasteiger partial charge in [-0.3, -0.25) is 0 Å². The van der Waals surface area contributed by atoms with E-state index in [4.69, 9.17) is 0 Å². The molecule has 0 rings (SSSR count). The Labute approximate surface area is 60.0 Å². The van der Waals surface area contributed by atoms with Crippen molar-refractivity contribution in [1.82, 2.24) is 0 Å². The topological polar surface area (TPSA) is 0 Å². The van der Waals surface area contributed by atoms with Gasteiger partial charge >= 0.3 is 19.5 Å². The van der Waals surface area contributed by atoms with E-state index < -0.39 is 13.4 Å². The quantitative estimate of drug-likeness (QED) is 0.346. The second-order valence-electron chi connectivity index (χ2n) is 0.429. The molecule has 0 spiro atoms. The Morgan fingerprint density at radius 3 is 0.556 bits per heavy atom. The van der Waals surface area contributed by atoms with E-state index in [1.807, 2.05) is 0 Å². The molecule has 58 valence electrons. The summed E-state index contributed by atoms with van der Waals surface area (Å²) in [5, 5.41) is 0. The van der Waals surface area contributed by atoms with Crippen LogP contribution in [0.15, 0.2) is 0 Å². The van der Waals surface area contributed by atoms with Crippen molar-refractivity contribution in [3.8, 4) is 0 Å². The van der Waals surface area contributed by atoms with Crippen molar-refractivity contribution in [3.63, 3.8) is 0 Å². The predicted octanol–water partition coefficient (Wildman–Crippen LogP) is 2.68. The van der Waals surface area contributed by atoms with Gasteiger partial charge in [0.05, 0.1) is 0 Å². The summed E-state index contributed by atoms with van der Waals surface area (Å²) in [5.41, 5.74) is 0. The van der Waals surface area contributed by atoms with Crippen LogP contribution >= 0.6 is 0 Å². The van der Waals surface area contributed by atoms with Crippen LogP contribution in [0.4, 0.5) is 26.3 Å². The van der Waals surface area contributed by atoms with E-state index in [0.29, 0.717) is 0 Å². The SMILES string of the molecule is F[C-](F)F.F[C-](F)F.[Ru+2]. The third-order valence-corrected chi connectivity index (χ3v) is 0. The van der Waals surface area contributed by atoms with E-state index in [0.717, 1.165) is 0 Å². The largest absolute Gasteiger partial charge is 2.00 e. The Hall–Kier alpha value is 0.203. The van der Waals surface area contributed by atoms with Crippen molar-refractivity contribution in [1.29, 1.82) is 0 Å². The molecule has 0 aromatic carbocycles. The summed E-state index contributed by atoms with van der Waals surface area (Å²) in [6.07, 6.45) is 0. The summed E-state index contributed by atoms with van der Waals surface area (Å²) >= 11 is 0. The molecule has 0 unspecified atom stereocenters. The molecule has 0 saturated carbocycles. The average molecular weight is 239 g/mol. The van der Waals surface area contributed by atoms with Crippen LogP contribution in [0.2, 0.25) is 0 Å². The molecular formula is C2F6Ru. The Bertz CT molecular complexity index is 26.5. The van der Waals surface area contributed by atoms with Crippen molar-refractivity contribution in [3.05, 3.63) is 13.4 Å². The van der Waals surface area contributed by atoms with Crippen molar-refractivity contribution in [2.75, 3.05) is 0 Å². The van der Waals surface area contributed by atoms with Gasteiger partial charge in [-0.05, 0) is 0 Å². The van der Waals surface area contributed by atoms with Crippen LogP contribution in [0.25, 0.3) is 0 Å². The van der Waals surface area contributed by atoms with E-state index in [-0.39, 0.29) is 19.5 Å². The first kappa shape index (κ1) is 16.1. The molecule has 0 atom stereocenters. The molecule has 0 aliphatic heterocycles. The second-order valence-corrected chi connectivity index (χ2v) is 0.429. The summed E-state index contributed by atoms with van der Waals surface area (Å²) in [4.78, 5) is 0. The van der Waals surface area contributed by atoms with Crippen LogP contribution in [-0.2, 0) is 19.5 Å². The first-order valence-electron chi connectivity index (χ1n) is 1.13. The van der Waals surface area contributed by atoms with Crippen molar-refractivity contribution in [2.24, 2.45) is 0 Å². The third kappa shape index (κ3) is 7630. The maximum absolute atomic E-state index is 9.58. The van der Waals surface area contributed by atoms with Gasteiger partial charge in [0.2, 0.25) is 0 Å². The Kier molecular flexibility index (Phi) is 19.8. The number of hydrogen-bond donors (Lipinski definition) is 0. The number of rotatable bonds is 0. The molecule has 0 nitrogen and oxygen atoms in total. The van der Waals surface area contributed by atoms with Crippen molar-refractivity contribution >= 4 is 0 Å². The third-order valence-electron chi connectivity index (χ3n) is 0. The minimum absolute atomic E-state index is 0. The predicted molar refractivity (Wildman–Crippen MR) is 13.1 cm³/mol. The van der Waals surface area contributed by atoms with Crippen molar-refractivity contribution < 1.29 is 45.8 Å². The minimum atomic E-state index is -3.08. The van der Waals surface area contributed by atoms with E-state index in [2.05, 4.69) is 0 Å². The van der Waals surface area contributed by atoms with Gasteiger partial charge in [-0.2, -0.15) is 0 Å². The molecule has 0 fully saturated rings. The van der Waals surface area contributed by atoms with E-state index in [1.165, 1.54) is 0 Å². The van der Waals surface area contributed by atoms with E-state index >= 15 is 0 Å². The zero-order valence-electron chi connectivity index (χ0n) is 3.62. The maximum Gasteiger partial charge on any atom is 2.00 e. The second kappa shape index (κ2) is 11.1. The summed E-state index contributed by atoms with van der Waals surface area (Å²) in [5.74, 6) is 0. The Morgan fingerprint density at radius 1 is 0.556 bits per heavy atom. The van der Waals surface area contributed by atoms with Gasteiger partial charge < -0.3 is 26.3 Å². The molecule has 0 amide bonds. The monoisotopic (exact) mass is 240 g/mol. The van der Waals surface area contributed by atoms with Gasteiger partial charge in [-0.1, -0.05) is 0 Å².